The van der Waals surface area contributed by atoms with Crippen molar-refractivity contribution in [1.82, 2.24) is 34.7 Å². The molecule has 1 fully saturated rings. The molecule has 52 heavy (non-hydrogen) atoms. The Morgan fingerprint density at radius 2 is 1.40 bits per heavy atom. The molecule has 1 saturated heterocycles. The third-order valence-electron chi connectivity index (χ3n) is 9.78. The first-order valence-electron chi connectivity index (χ1n) is 17.8. The van der Waals surface area contributed by atoms with Crippen LogP contribution >= 0.6 is 0 Å². The van der Waals surface area contributed by atoms with E-state index in [2.05, 4.69) is 129 Å². The number of carbonyl (C=O) groups excluding carboxylic acids is 1. The normalized spacial score (nSPS) is 15.1. The van der Waals surface area contributed by atoms with Crippen molar-refractivity contribution in [3.63, 3.8) is 0 Å². The number of carbonyl (C=O) groups is 1. The second-order valence-electron chi connectivity index (χ2n) is 14.4. The molecule has 0 radical (unpaired) electrons. The zero-order valence-corrected chi connectivity index (χ0v) is 29.6. The molecule has 1 amide bonds. The largest absolute Gasteiger partial charge is 0.444 e. The van der Waals surface area contributed by atoms with Crippen LogP contribution in [0.4, 0.5) is 4.79 Å². The van der Waals surface area contributed by atoms with E-state index in [9.17, 15) is 4.79 Å². The van der Waals surface area contributed by atoms with E-state index in [-0.39, 0.29) is 12.0 Å². The number of pyridine rings is 1. The molecule has 1 aliphatic heterocycles. The van der Waals surface area contributed by atoms with Crippen LogP contribution in [0, 0.1) is 0 Å². The van der Waals surface area contributed by atoms with Crippen LogP contribution in [0.25, 0.3) is 27.8 Å². The molecule has 3 aromatic heterocycles. The maximum atomic E-state index is 12.9. The summed E-state index contributed by atoms with van der Waals surface area (Å²) >= 11 is 0. The fourth-order valence-electron chi connectivity index (χ4n) is 7.43. The molecule has 1 aliphatic rings. The predicted octanol–water partition coefficient (Wildman–Crippen LogP) is 8.63. The van der Waals surface area contributed by atoms with Crippen molar-refractivity contribution in [2.45, 2.75) is 50.7 Å². The minimum absolute atomic E-state index is 0.0668. The lowest BCUT2D eigenvalue weighted by Crippen LogP contribution is -2.42. The Morgan fingerprint density at radius 3 is 2.00 bits per heavy atom. The van der Waals surface area contributed by atoms with E-state index >= 15 is 0 Å². The van der Waals surface area contributed by atoms with Gasteiger partial charge >= 0.3 is 6.09 Å². The third-order valence-corrected chi connectivity index (χ3v) is 9.78. The van der Waals surface area contributed by atoms with Gasteiger partial charge in [-0.05, 0) is 80.6 Å². The number of benzene rings is 4. The maximum Gasteiger partial charge on any atom is 0.410 e. The average Bonchev–Trinajstić information content (AvgIpc) is 3.83. The molecule has 7 aromatic rings. The van der Waals surface area contributed by atoms with Gasteiger partial charge < -0.3 is 9.64 Å². The van der Waals surface area contributed by atoms with Crippen molar-refractivity contribution in [3.8, 4) is 16.9 Å². The SMILES string of the molecule is CC(C)(C)OC(=O)N1CCCC(c2cn(-c3ccc4c(c3)c(-c3ccncc3)nn4C(c3ccccc3)(c3ccccc3)c3ccccc3)nn2)C1. The minimum Gasteiger partial charge on any atom is -0.444 e. The minimum atomic E-state index is -0.795. The van der Waals surface area contributed by atoms with E-state index in [1.807, 2.05) is 43.8 Å². The van der Waals surface area contributed by atoms with Gasteiger partial charge in [-0.1, -0.05) is 96.2 Å². The van der Waals surface area contributed by atoms with Gasteiger partial charge in [0.1, 0.15) is 16.8 Å². The number of amides is 1. The van der Waals surface area contributed by atoms with Crippen molar-refractivity contribution in [2.24, 2.45) is 0 Å². The number of hydrogen-bond acceptors (Lipinski definition) is 6. The zero-order chi connectivity index (χ0) is 35.7. The average molecular weight is 688 g/mol. The highest BCUT2D eigenvalue weighted by molar-refractivity contribution is 5.95. The van der Waals surface area contributed by atoms with Crippen LogP contribution in [0.1, 0.15) is 61.9 Å². The van der Waals surface area contributed by atoms with Crippen molar-refractivity contribution >= 4 is 17.0 Å². The first kappa shape index (κ1) is 33.1. The second kappa shape index (κ2) is 13.6. The molecular weight excluding hydrogens is 647 g/mol. The summed E-state index contributed by atoms with van der Waals surface area (Å²) in [6.45, 7) is 6.90. The van der Waals surface area contributed by atoms with E-state index in [4.69, 9.17) is 9.84 Å². The van der Waals surface area contributed by atoms with Gasteiger partial charge in [0.2, 0.25) is 0 Å². The van der Waals surface area contributed by atoms with Gasteiger partial charge in [-0.3, -0.25) is 4.98 Å². The van der Waals surface area contributed by atoms with Crippen molar-refractivity contribution < 1.29 is 9.53 Å². The highest BCUT2D eigenvalue weighted by Gasteiger charge is 2.41. The molecule has 260 valence electrons. The Kier molecular flexibility index (Phi) is 8.63. The summed E-state index contributed by atoms with van der Waals surface area (Å²) in [6, 6.07) is 42.1. The molecule has 4 aromatic carbocycles. The standard InChI is InChI=1S/C43H41N7O2/c1-42(2,3)52-41(51)48-27-13-14-32(29-48)38-30-49(47-45-38)36-21-22-39-37(28-36)40(31-23-25-44-26-24-31)46-50(39)43(33-15-7-4-8-16-33,34-17-9-5-10-18-34)35-19-11-6-12-20-35/h4-12,15-26,28,30,32H,13-14,27,29H2,1-3H3. The summed E-state index contributed by atoms with van der Waals surface area (Å²) in [7, 11) is 0. The molecule has 8 rings (SSSR count). The van der Waals surface area contributed by atoms with Crippen LogP contribution < -0.4 is 0 Å². The predicted molar refractivity (Wildman–Crippen MR) is 202 cm³/mol. The molecule has 1 unspecified atom stereocenters. The van der Waals surface area contributed by atoms with Gasteiger partial charge in [-0.15, -0.1) is 5.10 Å². The summed E-state index contributed by atoms with van der Waals surface area (Å²) in [5.74, 6) is 0.0668. The third kappa shape index (κ3) is 6.12. The highest BCUT2D eigenvalue weighted by Crippen LogP contribution is 2.44. The maximum absolute atomic E-state index is 12.9. The second-order valence-corrected chi connectivity index (χ2v) is 14.4. The first-order valence-corrected chi connectivity index (χ1v) is 17.8. The van der Waals surface area contributed by atoms with Crippen LogP contribution in [0.15, 0.2) is 140 Å². The number of hydrogen-bond donors (Lipinski definition) is 0. The van der Waals surface area contributed by atoms with Gasteiger partial charge in [0.15, 0.2) is 0 Å². The topological polar surface area (TPSA) is 91.0 Å². The molecule has 0 spiro atoms. The Hall–Kier alpha value is -6.09. The van der Waals surface area contributed by atoms with Crippen LogP contribution in [0.5, 0.6) is 0 Å². The van der Waals surface area contributed by atoms with Crippen molar-refractivity contribution in [2.75, 3.05) is 13.1 Å². The lowest BCUT2D eigenvalue weighted by molar-refractivity contribution is 0.0197. The number of ether oxygens (including phenoxy) is 1. The molecule has 9 nitrogen and oxygen atoms in total. The first-order chi connectivity index (χ1) is 25.3. The Labute approximate surface area is 303 Å². The molecule has 0 saturated carbocycles. The van der Waals surface area contributed by atoms with Crippen LogP contribution in [0.2, 0.25) is 0 Å². The van der Waals surface area contributed by atoms with Gasteiger partial charge in [-0.2, -0.15) is 5.10 Å². The number of piperidine rings is 1. The number of aromatic nitrogens is 6. The summed E-state index contributed by atoms with van der Waals surface area (Å²) in [6.07, 6.45) is 7.12. The molecule has 0 N–H and O–H groups in total. The molecule has 0 aliphatic carbocycles. The fourth-order valence-corrected chi connectivity index (χ4v) is 7.43. The van der Waals surface area contributed by atoms with E-state index < -0.39 is 11.1 Å². The van der Waals surface area contributed by atoms with Crippen molar-refractivity contribution in [1.29, 1.82) is 0 Å². The molecule has 1 atom stereocenters. The van der Waals surface area contributed by atoms with E-state index in [1.54, 1.807) is 17.3 Å². The molecule has 4 heterocycles. The van der Waals surface area contributed by atoms with E-state index in [0.29, 0.717) is 13.1 Å². The highest BCUT2D eigenvalue weighted by atomic mass is 16.6. The summed E-state index contributed by atoms with van der Waals surface area (Å²) in [4.78, 5) is 19.0. The fraction of sp³-hybridized carbons (Fsp3) is 0.233. The quantitative estimate of drug-likeness (QED) is 0.156. The molecule has 9 heteroatoms. The Balaban J connectivity index is 1.27. The number of rotatable bonds is 7. The van der Waals surface area contributed by atoms with Crippen LogP contribution in [-0.4, -0.2) is 59.4 Å². The van der Waals surface area contributed by atoms with Gasteiger partial charge in [0.25, 0.3) is 0 Å². The van der Waals surface area contributed by atoms with Gasteiger partial charge in [0.05, 0.1) is 23.1 Å². The summed E-state index contributed by atoms with van der Waals surface area (Å²) in [5, 5.41) is 15.7. The summed E-state index contributed by atoms with van der Waals surface area (Å²) < 4.78 is 9.68. The number of nitrogens with zero attached hydrogens (tertiary/aromatic N) is 7. The van der Waals surface area contributed by atoms with Gasteiger partial charge in [-0.25, -0.2) is 14.2 Å². The molecular formula is C43H41N7O2. The Bertz CT molecular complexity index is 2200. The lowest BCUT2D eigenvalue weighted by Gasteiger charge is -2.37. The number of fused-ring (bicyclic) bond motifs is 1. The van der Waals surface area contributed by atoms with Crippen molar-refractivity contribution in [3.05, 3.63) is 162 Å². The smallest absolute Gasteiger partial charge is 0.410 e. The zero-order valence-electron chi connectivity index (χ0n) is 29.6. The number of likely N-dealkylation sites (tertiary alicyclic amines) is 1. The Morgan fingerprint density at radius 1 is 0.788 bits per heavy atom. The molecule has 0 bridgehead atoms. The van der Waals surface area contributed by atoms with E-state index in [0.717, 1.165) is 63.1 Å². The van der Waals surface area contributed by atoms with Crippen LogP contribution in [-0.2, 0) is 10.3 Å². The lowest BCUT2D eigenvalue weighted by atomic mass is 9.77. The monoisotopic (exact) mass is 687 g/mol. The van der Waals surface area contributed by atoms with E-state index in [1.165, 1.54) is 0 Å². The van der Waals surface area contributed by atoms with Crippen LogP contribution in [0.3, 0.4) is 0 Å². The summed E-state index contributed by atoms with van der Waals surface area (Å²) in [5.41, 5.74) is 6.43. The van der Waals surface area contributed by atoms with Gasteiger partial charge in [0, 0.05) is 42.4 Å².